The van der Waals surface area contributed by atoms with Crippen LogP contribution in [0.25, 0.3) is 10.7 Å². The Hall–Kier alpha value is -2.17. The van der Waals surface area contributed by atoms with Gasteiger partial charge in [-0.15, -0.1) is 11.3 Å². The predicted octanol–water partition coefficient (Wildman–Crippen LogP) is 4.34. The van der Waals surface area contributed by atoms with Gasteiger partial charge < -0.3 is 10.6 Å². The number of nitrogens with zero attached hydrogens (tertiary/aromatic N) is 3. The molecule has 1 aromatic carbocycles. The molecule has 4 N–H and O–H groups in total. The van der Waals surface area contributed by atoms with Crippen LogP contribution in [0.4, 0.5) is 11.5 Å². The number of hydrogen-bond acceptors (Lipinski definition) is 7. The highest BCUT2D eigenvalue weighted by Gasteiger charge is 2.34. The van der Waals surface area contributed by atoms with Crippen LogP contribution in [0.5, 0.6) is 0 Å². The molecule has 0 atom stereocenters. The van der Waals surface area contributed by atoms with Gasteiger partial charge in [-0.05, 0) is 35.7 Å². The first-order valence-electron chi connectivity index (χ1n) is 9.36. The highest BCUT2D eigenvalue weighted by atomic mass is 35.5. The number of benzene rings is 1. The van der Waals surface area contributed by atoms with E-state index < -0.39 is 10.6 Å². The summed E-state index contributed by atoms with van der Waals surface area (Å²) >= 11 is 7.49. The number of aromatic nitrogens is 2. The molecule has 3 aromatic rings. The van der Waals surface area contributed by atoms with Gasteiger partial charge >= 0.3 is 0 Å². The third-order valence-corrected chi connectivity index (χ3v) is 8.00. The summed E-state index contributed by atoms with van der Waals surface area (Å²) in [6.07, 6.45) is 1.01. The van der Waals surface area contributed by atoms with Gasteiger partial charge in [0, 0.05) is 17.8 Å². The van der Waals surface area contributed by atoms with Gasteiger partial charge in [0.05, 0.1) is 32.8 Å². The summed E-state index contributed by atoms with van der Waals surface area (Å²) in [7, 11) is -2.75. The molecule has 5 rings (SSSR count). The second-order valence-corrected chi connectivity index (χ2v) is 11.4. The lowest BCUT2D eigenvalue weighted by molar-refractivity contribution is -0.117. The molecule has 2 aliphatic heterocycles. The maximum Gasteiger partial charge on any atom is 0.221 e. The summed E-state index contributed by atoms with van der Waals surface area (Å²) in [4.78, 5) is 23.7. The van der Waals surface area contributed by atoms with Crippen molar-refractivity contribution in [3.05, 3.63) is 57.1 Å². The molecular formula is C20H19ClN4O3S2. The molecule has 0 aliphatic carbocycles. The zero-order valence-corrected chi connectivity index (χ0v) is 18.2. The number of thiophene rings is 1. The molecular weight excluding hydrogens is 444 g/mol. The number of hydrogen-bond donors (Lipinski definition) is 3. The molecule has 0 saturated heterocycles. The van der Waals surface area contributed by atoms with Crippen molar-refractivity contribution in [1.29, 1.82) is 0 Å². The number of fused-ring (bicyclic) bond motifs is 2. The molecule has 4 heterocycles. The number of carbonyl (C=O) groups is 1. The van der Waals surface area contributed by atoms with Gasteiger partial charge in [0.1, 0.15) is 5.82 Å². The lowest BCUT2D eigenvalue weighted by atomic mass is 10.1. The first-order valence-corrected chi connectivity index (χ1v) is 12.4. The van der Waals surface area contributed by atoms with Gasteiger partial charge in [-0.1, -0.05) is 23.7 Å². The molecule has 2 aromatic heterocycles. The van der Waals surface area contributed by atoms with E-state index in [1.54, 1.807) is 6.07 Å². The van der Waals surface area contributed by atoms with Crippen LogP contribution in [0.15, 0.2) is 30.3 Å². The summed E-state index contributed by atoms with van der Waals surface area (Å²) in [5, 5.41) is 0. The van der Waals surface area contributed by atoms with E-state index in [-0.39, 0.29) is 23.8 Å². The molecule has 1 amide bonds. The average Bonchev–Trinajstić information content (AvgIpc) is 3.35. The average molecular weight is 463 g/mol. The number of rotatable bonds is 4. The van der Waals surface area contributed by atoms with E-state index in [4.69, 9.17) is 22.3 Å². The summed E-state index contributed by atoms with van der Waals surface area (Å²) < 4.78 is 21.4. The van der Waals surface area contributed by atoms with Crippen molar-refractivity contribution in [3.8, 4) is 10.7 Å². The fourth-order valence-electron chi connectivity index (χ4n) is 4.04. The van der Waals surface area contributed by atoms with Crippen LogP contribution >= 0.6 is 33.5 Å². The molecule has 0 spiro atoms. The van der Waals surface area contributed by atoms with Crippen molar-refractivity contribution in [2.45, 2.75) is 24.3 Å². The first kappa shape index (κ1) is 19.8. The van der Waals surface area contributed by atoms with Crippen LogP contribution in [-0.4, -0.2) is 31.5 Å². The molecule has 0 saturated carbocycles. The Bertz CT molecular complexity index is 1180. The smallest absolute Gasteiger partial charge is 0.221 e. The summed E-state index contributed by atoms with van der Waals surface area (Å²) in [5.41, 5.74) is 9.80. The number of amides is 1. The van der Waals surface area contributed by atoms with Gasteiger partial charge in [-0.25, -0.2) is 9.97 Å². The van der Waals surface area contributed by atoms with Crippen molar-refractivity contribution in [2.24, 2.45) is 5.73 Å². The van der Waals surface area contributed by atoms with Gasteiger partial charge in [0.15, 0.2) is 5.82 Å². The van der Waals surface area contributed by atoms with E-state index in [2.05, 4.69) is 9.88 Å². The quantitative estimate of drug-likeness (QED) is 0.531. The predicted molar refractivity (Wildman–Crippen MR) is 121 cm³/mol. The van der Waals surface area contributed by atoms with Crippen LogP contribution in [0.3, 0.4) is 0 Å². The summed E-state index contributed by atoms with van der Waals surface area (Å²) in [6.45, 7) is 0.711. The van der Waals surface area contributed by atoms with Crippen molar-refractivity contribution < 1.29 is 13.9 Å². The second-order valence-electron chi connectivity index (χ2n) is 7.50. The molecule has 0 radical (unpaired) electrons. The van der Waals surface area contributed by atoms with Crippen LogP contribution in [0.2, 0.25) is 4.34 Å². The van der Waals surface area contributed by atoms with Crippen molar-refractivity contribution >= 4 is 50.9 Å². The van der Waals surface area contributed by atoms with E-state index in [0.29, 0.717) is 28.2 Å². The number of carbonyl (C=O) groups excluding carboxylic acids is 1. The molecule has 0 unspecified atom stereocenters. The molecule has 7 nitrogen and oxygen atoms in total. The normalized spacial score (nSPS) is 17.6. The Balaban J connectivity index is 1.60. The van der Waals surface area contributed by atoms with Crippen molar-refractivity contribution in [1.82, 2.24) is 9.97 Å². The van der Waals surface area contributed by atoms with Crippen LogP contribution in [0.1, 0.15) is 22.4 Å². The maximum atomic E-state index is 11.3. The van der Waals surface area contributed by atoms with Crippen molar-refractivity contribution in [3.63, 3.8) is 0 Å². The largest absolute Gasteiger partial charge is 0.369 e. The number of nitrogens with two attached hydrogens (primary N) is 1. The summed E-state index contributed by atoms with van der Waals surface area (Å²) in [6, 6.07) is 9.56. The highest BCUT2D eigenvalue weighted by molar-refractivity contribution is 8.23. The van der Waals surface area contributed by atoms with Crippen LogP contribution in [-0.2, 0) is 29.1 Å². The monoisotopic (exact) mass is 462 g/mol. The minimum absolute atomic E-state index is 0.141. The van der Waals surface area contributed by atoms with Crippen molar-refractivity contribution in [2.75, 3.05) is 11.4 Å². The molecule has 156 valence electrons. The first-order chi connectivity index (χ1) is 14.3. The van der Waals surface area contributed by atoms with Crippen LogP contribution in [0, 0.1) is 0 Å². The zero-order valence-electron chi connectivity index (χ0n) is 15.8. The maximum absolute atomic E-state index is 11.3. The Morgan fingerprint density at radius 2 is 2.07 bits per heavy atom. The highest BCUT2D eigenvalue weighted by Crippen LogP contribution is 2.55. The van der Waals surface area contributed by atoms with Gasteiger partial charge in [0.2, 0.25) is 5.91 Å². The molecule has 2 aliphatic rings. The fourth-order valence-corrected chi connectivity index (χ4v) is 6.55. The van der Waals surface area contributed by atoms with E-state index in [1.165, 1.54) is 11.3 Å². The Kier molecular flexibility index (Phi) is 4.75. The number of primary amides is 1. The molecule has 0 fully saturated rings. The SMILES string of the molecule is NC(=O)Cc1ccc2c(c1)CCN2c1nc(-c2ccc(Cl)s2)nc2c1CS(O)(O)C2. The molecule has 0 bridgehead atoms. The molecule has 30 heavy (non-hydrogen) atoms. The van der Waals surface area contributed by atoms with Gasteiger partial charge in [-0.3, -0.25) is 13.9 Å². The Morgan fingerprint density at radius 3 is 2.80 bits per heavy atom. The lowest BCUT2D eigenvalue weighted by Crippen LogP contribution is -2.18. The summed E-state index contributed by atoms with van der Waals surface area (Å²) in [5.74, 6) is 1.19. The topological polar surface area (TPSA) is 113 Å². The third kappa shape index (κ3) is 3.57. The Labute approximate surface area is 183 Å². The minimum atomic E-state index is -2.75. The van der Waals surface area contributed by atoms with E-state index in [9.17, 15) is 13.9 Å². The van der Waals surface area contributed by atoms with Gasteiger partial charge in [-0.2, -0.15) is 10.6 Å². The standard InChI is InChI=1S/C20H19ClN4O3S2/c21-17-4-3-16(29-17)19-23-14-10-30(27,28)9-13(14)20(24-19)25-6-5-12-7-11(8-18(22)26)1-2-15(12)25/h1-4,7,27-28H,5-6,8-10H2,(H2,22,26). The van der Waals surface area contributed by atoms with E-state index in [0.717, 1.165) is 33.7 Å². The van der Waals surface area contributed by atoms with E-state index in [1.807, 2.05) is 24.3 Å². The number of halogens is 1. The van der Waals surface area contributed by atoms with Gasteiger partial charge in [0.25, 0.3) is 0 Å². The van der Waals surface area contributed by atoms with E-state index >= 15 is 0 Å². The zero-order chi connectivity index (χ0) is 21.0. The lowest BCUT2D eigenvalue weighted by Gasteiger charge is -2.25. The minimum Gasteiger partial charge on any atom is -0.369 e. The second kappa shape index (κ2) is 7.21. The fraction of sp³-hybridized carbons (Fsp3) is 0.250. The van der Waals surface area contributed by atoms with Crippen LogP contribution < -0.4 is 10.6 Å². The Morgan fingerprint density at radius 1 is 1.23 bits per heavy atom. The third-order valence-electron chi connectivity index (χ3n) is 5.28. The number of anilines is 2. The molecule has 10 heteroatoms.